The molecule has 0 fully saturated rings. The summed E-state index contributed by atoms with van der Waals surface area (Å²) in [6, 6.07) is 26.8. The number of nitrogens with two attached hydrogens (primary N) is 1. The summed E-state index contributed by atoms with van der Waals surface area (Å²) in [5, 5.41) is 0. The zero-order valence-corrected chi connectivity index (χ0v) is 13.1. The van der Waals surface area contributed by atoms with Crippen LogP contribution in [0.25, 0.3) is 0 Å². The maximum Gasteiger partial charge on any atom is 0.123 e. The number of anilines is 1. The van der Waals surface area contributed by atoms with Gasteiger partial charge in [0, 0.05) is 19.6 Å². The van der Waals surface area contributed by atoms with Gasteiger partial charge in [-0.1, -0.05) is 66.7 Å². The van der Waals surface area contributed by atoms with Crippen molar-refractivity contribution in [2.75, 3.05) is 5.73 Å². The fraction of sp³-hybridized carbons (Fsp3) is 0.150. The van der Waals surface area contributed by atoms with Crippen LogP contribution in [-0.4, -0.2) is 9.88 Å². The van der Waals surface area contributed by atoms with Crippen LogP contribution >= 0.6 is 0 Å². The summed E-state index contributed by atoms with van der Waals surface area (Å²) in [6.07, 6.45) is 0. The topological polar surface area (TPSA) is 42.1 Å². The van der Waals surface area contributed by atoms with Gasteiger partial charge in [-0.2, -0.15) is 0 Å². The van der Waals surface area contributed by atoms with Gasteiger partial charge in [-0.25, -0.2) is 4.98 Å². The fourth-order valence-corrected chi connectivity index (χ4v) is 2.67. The molecule has 0 bridgehead atoms. The van der Waals surface area contributed by atoms with E-state index in [1.165, 1.54) is 11.1 Å². The number of hydrogen-bond donors (Lipinski definition) is 1. The molecule has 116 valence electrons. The predicted octanol–water partition coefficient (Wildman–Crippen LogP) is 3.87. The zero-order valence-electron chi connectivity index (χ0n) is 13.1. The summed E-state index contributed by atoms with van der Waals surface area (Å²) in [5.74, 6) is 0.571. The summed E-state index contributed by atoms with van der Waals surface area (Å²) in [4.78, 5) is 6.81. The Hall–Kier alpha value is -2.65. The van der Waals surface area contributed by atoms with Crippen LogP contribution in [0.5, 0.6) is 0 Å². The lowest BCUT2D eigenvalue weighted by Crippen LogP contribution is -2.23. The van der Waals surface area contributed by atoms with Crippen LogP contribution in [0.2, 0.25) is 0 Å². The Labute approximate surface area is 137 Å². The van der Waals surface area contributed by atoms with Crippen molar-refractivity contribution in [2.24, 2.45) is 0 Å². The monoisotopic (exact) mass is 303 g/mol. The van der Waals surface area contributed by atoms with Crippen LogP contribution < -0.4 is 5.73 Å². The van der Waals surface area contributed by atoms with Gasteiger partial charge in [0.25, 0.3) is 0 Å². The van der Waals surface area contributed by atoms with Gasteiger partial charge in [0.1, 0.15) is 5.82 Å². The largest absolute Gasteiger partial charge is 0.384 e. The first-order chi connectivity index (χ1) is 11.3. The van der Waals surface area contributed by atoms with Gasteiger partial charge < -0.3 is 5.73 Å². The maximum absolute atomic E-state index is 5.81. The number of rotatable bonds is 6. The Morgan fingerprint density at radius 1 is 0.652 bits per heavy atom. The van der Waals surface area contributed by atoms with Crippen molar-refractivity contribution < 1.29 is 0 Å². The molecule has 1 aromatic heterocycles. The number of pyridine rings is 1. The highest BCUT2D eigenvalue weighted by atomic mass is 15.1. The predicted molar refractivity (Wildman–Crippen MR) is 94.5 cm³/mol. The van der Waals surface area contributed by atoms with Crippen LogP contribution in [0.4, 0.5) is 5.82 Å². The second-order valence-corrected chi connectivity index (χ2v) is 5.67. The smallest absolute Gasteiger partial charge is 0.123 e. The summed E-state index contributed by atoms with van der Waals surface area (Å²) in [7, 11) is 0. The van der Waals surface area contributed by atoms with E-state index in [2.05, 4.69) is 58.4 Å². The summed E-state index contributed by atoms with van der Waals surface area (Å²) >= 11 is 0. The Morgan fingerprint density at radius 3 is 1.74 bits per heavy atom. The van der Waals surface area contributed by atoms with Gasteiger partial charge in [-0.15, -0.1) is 0 Å². The number of aromatic nitrogens is 1. The van der Waals surface area contributed by atoms with Crippen LogP contribution in [0, 0.1) is 0 Å². The van der Waals surface area contributed by atoms with Crippen molar-refractivity contribution in [1.29, 1.82) is 0 Å². The van der Waals surface area contributed by atoms with Gasteiger partial charge in [0.15, 0.2) is 0 Å². The second kappa shape index (κ2) is 7.56. The summed E-state index contributed by atoms with van der Waals surface area (Å²) < 4.78 is 0. The van der Waals surface area contributed by atoms with Gasteiger partial charge in [-0.3, -0.25) is 4.90 Å². The van der Waals surface area contributed by atoms with Gasteiger partial charge in [0.05, 0.1) is 5.69 Å². The summed E-state index contributed by atoms with van der Waals surface area (Å²) in [5.41, 5.74) is 9.40. The molecule has 3 aromatic rings. The molecule has 3 rings (SSSR count). The highest BCUT2D eigenvalue weighted by Gasteiger charge is 2.09. The van der Waals surface area contributed by atoms with Crippen LogP contribution in [-0.2, 0) is 19.6 Å². The molecule has 1 heterocycles. The van der Waals surface area contributed by atoms with Crippen molar-refractivity contribution in [2.45, 2.75) is 19.6 Å². The van der Waals surface area contributed by atoms with Crippen molar-refractivity contribution in [3.8, 4) is 0 Å². The first kappa shape index (κ1) is 15.3. The standard InChI is InChI=1S/C20H21N3/c21-20-13-7-12-19(22-20)16-23(14-17-8-3-1-4-9-17)15-18-10-5-2-6-11-18/h1-13H,14-16H2,(H2,21,22). The molecule has 0 aliphatic heterocycles. The molecule has 3 nitrogen and oxygen atoms in total. The number of hydrogen-bond acceptors (Lipinski definition) is 3. The number of nitrogens with zero attached hydrogens (tertiary/aromatic N) is 2. The van der Waals surface area contributed by atoms with E-state index in [1.807, 2.05) is 30.3 Å². The number of nitrogen functional groups attached to an aromatic ring is 1. The average molecular weight is 303 g/mol. The minimum atomic E-state index is 0.571. The van der Waals surface area contributed by atoms with E-state index in [-0.39, 0.29) is 0 Å². The molecule has 0 atom stereocenters. The SMILES string of the molecule is Nc1cccc(CN(Cc2ccccc2)Cc2ccccc2)n1. The third kappa shape index (κ3) is 4.66. The van der Waals surface area contributed by atoms with E-state index in [0.717, 1.165) is 25.3 Å². The molecule has 0 amide bonds. The van der Waals surface area contributed by atoms with Crippen LogP contribution in [0.3, 0.4) is 0 Å². The normalized spacial score (nSPS) is 10.8. The van der Waals surface area contributed by atoms with E-state index in [9.17, 15) is 0 Å². The molecule has 3 heteroatoms. The van der Waals surface area contributed by atoms with Crippen molar-refractivity contribution >= 4 is 5.82 Å². The fourth-order valence-electron chi connectivity index (χ4n) is 2.67. The van der Waals surface area contributed by atoms with E-state index in [4.69, 9.17) is 5.73 Å². The van der Waals surface area contributed by atoms with E-state index in [0.29, 0.717) is 5.82 Å². The lowest BCUT2D eigenvalue weighted by molar-refractivity contribution is 0.245. The molecule has 0 saturated carbocycles. The molecule has 0 spiro atoms. The van der Waals surface area contributed by atoms with E-state index >= 15 is 0 Å². The third-order valence-electron chi connectivity index (χ3n) is 3.71. The zero-order chi connectivity index (χ0) is 15.9. The quantitative estimate of drug-likeness (QED) is 0.751. The summed E-state index contributed by atoms with van der Waals surface area (Å²) in [6.45, 7) is 2.53. The molecular weight excluding hydrogens is 282 g/mol. The van der Waals surface area contributed by atoms with E-state index < -0.39 is 0 Å². The first-order valence-electron chi connectivity index (χ1n) is 7.81. The molecule has 0 unspecified atom stereocenters. The first-order valence-corrected chi connectivity index (χ1v) is 7.81. The van der Waals surface area contributed by atoms with Crippen molar-refractivity contribution in [3.63, 3.8) is 0 Å². The van der Waals surface area contributed by atoms with Gasteiger partial charge in [0.2, 0.25) is 0 Å². The van der Waals surface area contributed by atoms with Crippen LogP contribution in [0.15, 0.2) is 78.9 Å². The molecule has 23 heavy (non-hydrogen) atoms. The third-order valence-corrected chi connectivity index (χ3v) is 3.71. The number of benzene rings is 2. The Morgan fingerprint density at radius 2 is 1.22 bits per heavy atom. The average Bonchev–Trinajstić information content (AvgIpc) is 2.57. The van der Waals surface area contributed by atoms with E-state index in [1.54, 1.807) is 0 Å². The van der Waals surface area contributed by atoms with Crippen molar-refractivity contribution in [3.05, 3.63) is 95.7 Å². The highest BCUT2D eigenvalue weighted by Crippen LogP contribution is 2.13. The lowest BCUT2D eigenvalue weighted by Gasteiger charge is -2.22. The van der Waals surface area contributed by atoms with Crippen molar-refractivity contribution in [1.82, 2.24) is 9.88 Å². The Kier molecular flexibility index (Phi) is 5.02. The maximum atomic E-state index is 5.81. The van der Waals surface area contributed by atoms with Gasteiger partial charge in [-0.05, 0) is 23.3 Å². The lowest BCUT2D eigenvalue weighted by atomic mass is 10.1. The minimum absolute atomic E-state index is 0.571. The molecular formula is C20H21N3. The minimum Gasteiger partial charge on any atom is -0.384 e. The molecule has 2 aromatic carbocycles. The molecule has 2 N–H and O–H groups in total. The molecule has 0 radical (unpaired) electrons. The van der Waals surface area contributed by atoms with Crippen LogP contribution in [0.1, 0.15) is 16.8 Å². The molecule has 0 aliphatic carbocycles. The Bertz CT molecular complexity index is 685. The molecule has 0 aliphatic rings. The van der Waals surface area contributed by atoms with Gasteiger partial charge >= 0.3 is 0 Å². The second-order valence-electron chi connectivity index (χ2n) is 5.67. The Balaban J connectivity index is 1.77. The highest BCUT2D eigenvalue weighted by molar-refractivity contribution is 5.29. The molecule has 0 saturated heterocycles.